The Morgan fingerprint density at radius 3 is 2.46 bits per heavy atom. The van der Waals surface area contributed by atoms with Crippen molar-refractivity contribution >= 4 is 34.5 Å². The molecule has 0 saturated heterocycles. The number of hydrogen-bond donors (Lipinski definition) is 5. The zero-order valence-corrected chi connectivity index (χ0v) is 22.2. The average Bonchev–Trinajstić information content (AvgIpc) is 3.30. The second-order valence-corrected chi connectivity index (χ2v) is 9.16. The largest absolute Gasteiger partial charge is 0.573 e. The second-order valence-electron chi connectivity index (χ2n) is 9.16. The number of rotatable bonds is 10. The first-order valence-electron chi connectivity index (χ1n) is 12.7. The normalized spacial score (nSPS) is 13.2. The molecule has 0 bridgehead atoms. The van der Waals surface area contributed by atoms with Gasteiger partial charge in [0.05, 0.1) is 17.1 Å². The van der Waals surface area contributed by atoms with E-state index in [2.05, 4.69) is 20.0 Å². The number of aliphatic hydroxyl groups excluding tert-OH is 1. The fourth-order valence-corrected chi connectivity index (χ4v) is 4.76. The van der Waals surface area contributed by atoms with Crippen molar-refractivity contribution in [2.75, 3.05) is 24.1 Å². The van der Waals surface area contributed by atoms with E-state index in [-0.39, 0.29) is 22.6 Å². The summed E-state index contributed by atoms with van der Waals surface area (Å²) in [7, 11) is 0. The lowest BCUT2D eigenvalue weighted by molar-refractivity contribution is -0.275. The SMILES string of the molecule is CCN(CC)C(c1ccc(-c2ccccc2C(N)=O)cc1OC(F)(F)F)C(O)C(=O)Nc1ccc2nc(N)[nH]c2c1. The van der Waals surface area contributed by atoms with E-state index < -0.39 is 36.1 Å². The Balaban J connectivity index is 1.76. The molecule has 2 amide bonds. The monoisotopic (exact) mass is 570 g/mol. The van der Waals surface area contributed by atoms with E-state index in [4.69, 9.17) is 11.5 Å². The van der Waals surface area contributed by atoms with Crippen LogP contribution in [-0.2, 0) is 4.79 Å². The minimum Gasteiger partial charge on any atom is -0.405 e. The molecule has 7 N–H and O–H groups in total. The number of nitrogen functional groups attached to an aromatic ring is 1. The number of nitrogens with two attached hydrogens (primary N) is 2. The minimum absolute atomic E-state index is 0.0780. The Kier molecular flexibility index (Phi) is 8.49. The number of fused-ring (bicyclic) bond motifs is 1. The first-order valence-corrected chi connectivity index (χ1v) is 12.7. The van der Waals surface area contributed by atoms with Crippen molar-refractivity contribution in [3.05, 3.63) is 71.8 Å². The maximum atomic E-state index is 13.6. The minimum atomic E-state index is -5.08. The van der Waals surface area contributed by atoms with Crippen LogP contribution in [-0.4, -0.2) is 57.3 Å². The molecule has 3 aromatic carbocycles. The highest BCUT2D eigenvalue weighted by molar-refractivity contribution is 6.00. The zero-order valence-electron chi connectivity index (χ0n) is 22.2. The molecule has 1 heterocycles. The molecule has 0 aliphatic carbocycles. The molecule has 216 valence electrons. The number of aliphatic hydroxyl groups is 1. The Labute approximate surface area is 233 Å². The van der Waals surface area contributed by atoms with Gasteiger partial charge < -0.3 is 31.6 Å². The summed E-state index contributed by atoms with van der Waals surface area (Å²) >= 11 is 0. The van der Waals surface area contributed by atoms with Gasteiger partial charge in [-0.1, -0.05) is 44.2 Å². The number of hydrogen-bond acceptors (Lipinski definition) is 7. The highest BCUT2D eigenvalue weighted by Crippen LogP contribution is 2.39. The molecule has 1 aromatic heterocycles. The van der Waals surface area contributed by atoms with Crippen molar-refractivity contribution in [2.24, 2.45) is 5.73 Å². The average molecular weight is 571 g/mol. The molecular weight excluding hydrogens is 541 g/mol. The molecule has 4 rings (SSSR count). The number of anilines is 2. The van der Waals surface area contributed by atoms with Crippen LogP contribution < -0.4 is 21.5 Å². The van der Waals surface area contributed by atoms with Gasteiger partial charge in [-0.25, -0.2) is 4.98 Å². The molecule has 41 heavy (non-hydrogen) atoms. The van der Waals surface area contributed by atoms with Crippen LogP contribution in [0.15, 0.2) is 60.7 Å². The van der Waals surface area contributed by atoms with Gasteiger partial charge >= 0.3 is 6.36 Å². The molecule has 10 nitrogen and oxygen atoms in total. The highest BCUT2D eigenvalue weighted by Gasteiger charge is 2.38. The quantitative estimate of drug-likeness (QED) is 0.191. The maximum Gasteiger partial charge on any atom is 0.573 e. The first-order chi connectivity index (χ1) is 19.4. The van der Waals surface area contributed by atoms with Crippen molar-refractivity contribution in [1.29, 1.82) is 0 Å². The molecule has 0 aliphatic heterocycles. The molecule has 2 atom stereocenters. The van der Waals surface area contributed by atoms with Crippen LogP contribution in [0.25, 0.3) is 22.2 Å². The number of nitrogens with one attached hydrogen (secondary N) is 2. The van der Waals surface area contributed by atoms with E-state index in [1.807, 2.05) is 0 Å². The number of carbonyl (C=O) groups is 2. The van der Waals surface area contributed by atoms with E-state index in [0.29, 0.717) is 35.4 Å². The standard InChI is InChI=1S/C28H29F3N6O4/c1-3-37(4-2)23(24(38)26(40)34-16-10-12-20-21(14-16)36-27(33)35-20)19-11-9-15(13-22(19)41-28(29,30)31)17-7-5-6-8-18(17)25(32)39/h5-14,23-24,38H,3-4H2,1-2H3,(H2,32,39)(H,34,40)(H3,33,35,36). The van der Waals surface area contributed by atoms with Gasteiger partial charge in [0, 0.05) is 16.8 Å². The highest BCUT2D eigenvalue weighted by atomic mass is 19.4. The van der Waals surface area contributed by atoms with Gasteiger partial charge in [0.1, 0.15) is 5.75 Å². The maximum absolute atomic E-state index is 13.6. The molecule has 4 aromatic rings. The number of aromatic nitrogens is 2. The van der Waals surface area contributed by atoms with Crippen molar-refractivity contribution < 1.29 is 32.6 Å². The summed E-state index contributed by atoms with van der Waals surface area (Å²) in [4.78, 5) is 33.8. The summed E-state index contributed by atoms with van der Waals surface area (Å²) in [5.74, 6) is -2.06. The molecule has 2 unspecified atom stereocenters. The van der Waals surface area contributed by atoms with Gasteiger partial charge in [-0.05, 0) is 54.5 Å². The number of imidazole rings is 1. The molecule has 0 spiro atoms. The van der Waals surface area contributed by atoms with Crippen LogP contribution in [0, 0.1) is 0 Å². The molecular formula is C28H29F3N6O4. The predicted molar refractivity (Wildman–Crippen MR) is 148 cm³/mol. The molecule has 0 saturated carbocycles. The number of amides is 2. The third-order valence-electron chi connectivity index (χ3n) is 6.60. The van der Waals surface area contributed by atoms with E-state index in [9.17, 15) is 27.9 Å². The van der Waals surface area contributed by atoms with Crippen molar-refractivity contribution in [2.45, 2.75) is 32.4 Å². The number of alkyl halides is 3. The van der Waals surface area contributed by atoms with Crippen molar-refractivity contribution in [1.82, 2.24) is 14.9 Å². The Morgan fingerprint density at radius 2 is 1.80 bits per heavy atom. The number of aromatic amines is 1. The summed E-state index contributed by atoms with van der Waals surface area (Å²) in [5.41, 5.74) is 13.1. The number of carbonyl (C=O) groups excluding carboxylic acids is 2. The topological polar surface area (TPSA) is 160 Å². The number of H-pyrrole nitrogens is 1. The molecule has 0 radical (unpaired) electrons. The van der Waals surface area contributed by atoms with Gasteiger partial charge in [0.25, 0.3) is 5.91 Å². The number of benzene rings is 3. The molecule has 0 fully saturated rings. The Bertz CT molecular complexity index is 1570. The van der Waals surface area contributed by atoms with E-state index >= 15 is 0 Å². The molecule has 13 heteroatoms. The van der Waals surface area contributed by atoms with E-state index in [1.165, 1.54) is 18.2 Å². The van der Waals surface area contributed by atoms with Crippen molar-refractivity contribution in [3.63, 3.8) is 0 Å². The summed E-state index contributed by atoms with van der Waals surface area (Å²) < 4.78 is 45.2. The third kappa shape index (κ3) is 6.58. The summed E-state index contributed by atoms with van der Waals surface area (Å²) in [5, 5.41) is 13.9. The Hall–Kier alpha value is -4.62. The van der Waals surface area contributed by atoms with Gasteiger partial charge in [-0.2, -0.15) is 0 Å². The smallest absolute Gasteiger partial charge is 0.405 e. The number of halogens is 3. The lowest BCUT2D eigenvalue weighted by atomic mass is 9.93. The van der Waals surface area contributed by atoms with Gasteiger partial charge in [-0.3, -0.25) is 14.5 Å². The second kappa shape index (κ2) is 11.9. The van der Waals surface area contributed by atoms with E-state index in [0.717, 1.165) is 6.07 Å². The summed E-state index contributed by atoms with van der Waals surface area (Å²) in [6.45, 7) is 4.09. The lowest BCUT2D eigenvalue weighted by Gasteiger charge is -2.34. The third-order valence-corrected chi connectivity index (χ3v) is 6.60. The molecule has 0 aliphatic rings. The van der Waals surface area contributed by atoms with Gasteiger partial charge in [0.2, 0.25) is 5.91 Å². The number of primary amides is 1. The van der Waals surface area contributed by atoms with Crippen LogP contribution in [0.1, 0.15) is 35.8 Å². The lowest BCUT2D eigenvalue weighted by Crippen LogP contribution is -2.43. The van der Waals surface area contributed by atoms with E-state index in [1.54, 1.807) is 55.1 Å². The number of nitrogens with zero attached hydrogens (tertiary/aromatic N) is 2. The first kappa shape index (κ1) is 29.4. The van der Waals surface area contributed by atoms with Gasteiger partial charge in [-0.15, -0.1) is 13.2 Å². The van der Waals surface area contributed by atoms with Crippen LogP contribution in [0.5, 0.6) is 5.75 Å². The van der Waals surface area contributed by atoms with Crippen molar-refractivity contribution in [3.8, 4) is 16.9 Å². The fraction of sp³-hybridized carbons (Fsp3) is 0.250. The number of ether oxygens (including phenoxy) is 1. The summed E-state index contributed by atoms with van der Waals surface area (Å²) in [6.07, 6.45) is -6.89. The zero-order chi connectivity index (χ0) is 29.9. The summed E-state index contributed by atoms with van der Waals surface area (Å²) in [6, 6.07) is 13.6. The number of likely N-dealkylation sites (N-methyl/N-ethyl adjacent to an activating group) is 1. The van der Waals surface area contributed by atoms with Crippen LogP contribution in [0.4, 0.5) is 24.8 Å². The van der Waals surface area contributed by atoms with Gasteiger partial charge in [0.15, 0.2) is 12.1 Å². The Morgan fingerprint density at radius 1 is 1.10 bits per heavy atom. The van der Waals surface area contributed by atoms with Crippen LogP contribution in [0.2, 0.25) is 0 Å². The van der Waals surface area contributed by atoms with Crippen LogP contribution >= 0.6 is 0 Å². The van der Waals surface area contributed by atoms with Crippen LogP contribution in [0.3, 0.4) is 0 Å². The predicted octanol–water partition coefficient (Wildman–Crippen LogP) is 4.19. The fourth-order valence-electron chi connectivity index (χ4n) is 4.76.